The van der Waals surface area contributed by atoms with Crippen molar-refractivity contribution in [2.45, 2.75) is 38.3 Å². The second-order valence-corrected chi connectivity index (χ2v) is 6.25. The van der Waals surface area contributed by atoms with E-state index in [0.717, 1.165) is 37.7 Å². The van der Waals surface area contributed by atoms with E-state index in [9.17, 15) is 0 Å². The normalized spacial score (nSPS) is 24.4. The molecule has 0 aliphatic carbocycles. The highest BCUT2D eigenvalue weighted by Crippen LogP contribution is 2.32. The third kappa shape index (κ3) is 3.69. The van der Waals surface area contributed by atoms with Crippen molar-refractivity contribution in [1.82, 2.24) is 10.2 Å². The zero-order chi connectivity index (χ0) is 14.7. The quantitative estimate of drug-likeness (QED) is 0.928. The van der Waals surface area contributed by atoms with Crippen molar-refractivity contribution in [2.24, 2.45) is 0 Å². The molecule has 1 fully saturated rings. The van der Waals surface area contributed by atoms with E-state index in [2.05, 4.69) is 36.3 Å². The minimum Gasteiger partial charge on any atom is -0.490 e. The molecule has 3 rings (SSSR count). The first-order chi connectivity index (χ1) is 10.2. The highest BCUT2D eigenvalue weighted by atomic mass is 16.5. The van der Waals surface area contributed by atoms with Gasteiger partial charge >= 0.3 is 0 Å². The zero-order valence-electron chi connectivity index (χ0n) is 13.1. The molecule has 1 aromatic carbocycles. The Hall–Kier alpha value is -1.26. The van der Waals surface area contributed by atoms with Gasteiger partial charge in [0.1, 0.15) is 0 Å². The average Bonchev–Trinajstić information content (AvgIpc) is 2.71. The molecule has 4 nitrogen and oxygen atoms in total. The Morgan fingerprint density at radius 3 is 2.81 bits per heavy atom. The van der Waals surface area contributed by atoms with Gasteiger partial charge in [-0.25, -0.2) is 0 Å². The summed E-state index contributed by atoms with van der Waals surface area (Å²) < 4.78 is 11.5. The third-order valence-corrected chi connectivity index (χ3v) is 4.38. The van der Waals surface area contributed by atoms with Gasteiger partial charge in [0.25, 0.3) is 0 Å². The van der Waals surface area contributed by atoms with Gasteiger partial charge in [0.2, 0.25) is 0 Å². The molecule has 2 aliphatic rings. The van der Waals surface area contributed by atoms with E-state index in [-0.39, 0.29) is 0 Å². The van der Waals surface area contributed by atoms with Gasteiger partial charge < -0.3 is 19.7 Å². The Balaban J connectivity index is 1.66. The Bertz CT molecular complexity index is 478. The summed E-state index contributed by atoms with van der Waals surface area (Å²) in [6.45, 7) is 6.07. The van der Waals surface area contributed by atoms with Crippen LogP contribution < -0.4 is 14.8 Å². The number of likely N-dealkylation sites (N-methyl/N-ethyl adjacent to an activating group) is 1. The lowest BCUT2D eigenvalue weighted by Gasteiger charge is -2.32. The number of ether oxygens (including phenoxy) is 2. The van der Waals surface area contributed by atoms with E-state index in [0.29, 0.717) is 12.1 Å². The summed E-state index contributed by atoms with van der Waals surface area (Å²) >= 11 is 0. The van der Waals surface area contributed by atoms with Crippen LogP contribution in [-0.4, -0.2) is 44.3 Å². The van der Waals surface area contributed by atoms with Crippen LogP contribution in [0.2, 0.25) is 0 Å². The van der Waals surface area contributed by atoms with Crippen LogP contribution in [0.1, 0.15) is 37.8 Å². The fraction of sp³-hybridized carbons (Fsp3) is 0.647. The van der Waals surface area contributed by atoms with E-state index in [1.54, 1.807) is 0 Å². The second-order valence-electron chi connectivity index (χ2n) is 6.25. The van der Waals surface area contributed by atoms with Crippen LogP contribution in [0.3, 0.4) is 0 Å². The summed E-state index contributed by atoms with van der Waals surface area (Å²) in [6, 6.07) is 7.23. The molecule has 0 amide bonds. The molecule has 1 N–H and O–H groups in total. The Morgan fingerprint density at radius 1 is 1.19 bits per heavy atom. The maximum Gasteiger partial charge on any atom is 0.161 e. The lowest BCUT2D eigenvalue weighted by Crippen LogP contribution is -2.44. The summed E-state index contributed by atoms with van der Waals surface area (Å²) in [5.41, 5.74) is 1.27. The molecule has 2 unspecified atom stereocenters. The SMILES string of the molecule is CC(NC1CCCN(C)C1)c1ccc2c(c1)OCCCO2. The fourth-order valence-electron chi connectivity index (χ4n) is 3.20. The zero-order valence-corrected chi connectivity index (χ0v) is 13.1. The summed E-state index contributed by atoms with van der Waals surface area (Å²) in [5.74, 6) is 1.76. The maximum absolute atomic E-state index is 5.79. The molecule has 1 saturated heterocycles. The number of benzene rings is 1. The molecule has 0 bridgehead atoms. The first-order valence-electron chi connectivity index (χ1n) is 8.06. The van der Waals surface area contributed by atoms with Crippen molar-refractivity contribution in [1.29, 1.82) is 0 Å². The van der Waals surface area contributed by atoms with Gasteiger partial charge in [-0.15, -0.1) is 0 Å². The summed E-state index contributed by atoms with van der Waals surface area (Å²) in [4.78, 5) is 2.40. The molecule has 0 spiro atoms. The van der Waals surface area contributed by atoms with E-state index in [1.807, 2.05) is 6.07 Å². The number of hydrogen-bond donors (Lipinski definition) is 1. The first kappa shape index (κ1) is 14.7. The highest BCUT2D eigenvalue weighted by molar-refractivity contribution is 5.44. The molecule has 0 radical (unpaired) electrons. The third-order valence-electron chi connectivity index (χ3n) is 4.38. The Kier molecular flexibility index (Phi) is 4.66. The molecule has 1 aromatic rings. The number of piperidine rings is 1. The Morgan fingerprint density at radius 2 is 2.00 bits per heavy atom. The van der Waals surface area contributed by atoms with Crippen LogP contribution in [-0.2, 0) is 0 Å². The largest absolute Gasteiger partial charge is 0.490 e. The monoisotopic (exact) mass is 290 g/mol. The standard InChI is InChI=1S/C17H26N2O2/c1-13(18-15-5-3-8-19(2)12-15)14-6-7-16-17(11-14)21-10-4-9-20-16/h6-7,11,13,15,18H,3-5,8-10,12H2,1-2H3. The van der Waals surface area contributed by atoms with Gasteiger partial charge in [-0.2, -0.15) is 0 Å². The molecule has 2 heterocycles. The number of hydrogen-bond acceptors (Lipinski definition) is 4. The van der Waals surface area contributed by atoms with Crippen LogP contribution in [0.15, 0.2) is 18.2 Å². The number of nitrogens with one attached hydrogen (secondary N) is 1. The number of nitrogens with zero attached hydrogens (tertiary/aromatic N) is 1. The summed E-state index contributed by atoms with van der Waals surface area (Å²) in [6.07, 6.45) is 3.49. The van der Waals surface area contributed by atoms with Crippen molar-refractivity contribution in [3.63, 3.8) is 0 Å². The smallest absolute Gasteiger partial charge is 0.161 e. The molecule has 0 saturated carbocycles. The molecule has 0 aromatic heterocycles. The average molecular weight is 290 g/mol. The van der Waals surface area contributed by atoms with Gasteiger partial charge in [0.05, 0.1) is 13.2 Å². The van der Waals surface area contributed by atoms with Crippen LogP contribution in [0, 0.1) is 0 Å². The summed E-state index contributed by atoms with van der Waals surface area (Å²) in [7, 11) is 2.20. The van der Waals surface area contributed by atoms with Crippen molar-refractivity contribution in [3.8, 4) is 11.5 Å². The minimum absolute atomic E-state index is 0.332. The molecular formula is C17H26N2O2. The lowest BCUT2D eigenvalue weighted by atomic mass is 10.0. The Labute approximate surface area is 127 Å². The highest BCUT2D eigenvalue weighted by Gasteiger charge is 2.20. The second kappa shape index (κ2) is 6.67. The maximum atomic E-state index is 5.79. The number of likely N-dealkylation sites (tertiary alicyclic amines) is 1. The van der Waals surface area contributed by atoms with Crippen molar-refractivity contribution < 1.29 is 9.47 Å². The van der Waals surface area contributed by atoms with Gasteiger partial charge in [0, 0.05) is 25.0 Å². The number of fused-ring (bicyclic) bond motifs is 1. The van der Waals surface area contributed by atoms with E-state index in [1.165, 1.54) is 24.9 Å². The lowest BCUT2D eigenvalue weighted by molar-refractivity contribution is 0.218. The molecule has 21 heavy (non-hydrogen) atoms. The molecule has 2 atom stereocenters. The predicted molar refractivity (Wildman–Crippen MR) is 84.1 cm³/mol. The predicted octanol–water partition coefficient (Wildman–Crippen LogP) is 2.59. The van der Waals surface area contributed by atoms with E-state index >= 15 is 0 Å². The summed E-state index contributed by atoms with van der Waals surface area (Å²) in [5, 5.41) is 3.75. The van der Waals surface area contributed by atoms with Crippen LogP contribution >= 0.6 is 0 Å². The van der Waals surface area contributed by atoms with Gasteiger partial charge in [-0.3, -0.25) is 0 Å². The molecular weight excluding hydrogens is 264 g/mol. The van der Waals surface area contributed by atoms with Crippen molar-refractivity contribution in [3.05, 3.63) is 23.8 Å². The molecule has 2 aliphatic heterocycles. The van der Waals surface area contributed by atoms with Crippen molar-refractivity contribution >= 4 is 0 Å². The fourth-order valence-corrected chi connectivity index (χ4v) is 3.20. The van der Waals surface area contributed by atoms with Crippen LogP contribution in [0.25, 0.3) is 0 Å². The van der Waals surface area contributed by atoms with Gasteiger partial charge in [-0.1, -0.05) is 6.07 Å². The van der Waals surface area contributed by atoms with E-state index in [4.69, 9.17) is 9.47 Å². The van der Waals surface area contributed by atoms with Crippen LogP contribution in [0.4, 0.5) is 0 Å². The van der Waals surface area contributed by atoms with Crippen LogP contribution in [0.5, 0.6) is 11.5 Å². The topological polar surface area (TPSA) is 33.7 Å². The van der Waals surface area contributed by atoms with Crippen molar-refractivity contribution in [2.75, 3.05) is 33.4 Å². The number of rotatable bonds is 3. The minimum atomic E-state index is 0.332. The first-order valence-corrected chi connectivity index (χ1v) is 8.06. The molecule has 116 valence electrons. The van der Waals surface area contributed by atoms with Gasteiger partial charge in [0.15, 0.2) is 11.5 Å². The van der Waals surface area contributed by atoms with E-state index < -0.39 is 0 Å². The van der Waals surface area contributed by atoms with Gasteiger partial charge in [-0.05, 0) is 51.1 Å². The molecule has 4 heteroatoms.